The van der Waals surface area contributed by atoms with Crippen molar-refractivity contribution in [2.75, 3.05) is 39.5 Å². The summed E-state index contributed by atoms with van der Waals surface area (Å²) < 4.78 is 11.2. The van der Waals surface area contributed by atoms with Crippen LogP contribution in [0.2, 0.25) is 0 Å². The Labute approximate surface area is 170 Å². The predicted octanol–water partition coefficient (Wildman–Crippen LogP) is 3.75. The maximum absolute atomic E-state index is 5.88. The first-order valence-electron chi connectivity index (χ1n) is 9.04. The Hall–Kier alpha value is -0.860. The minimum absolute atomic E-state index is 0. The van der Waals surface area contributed by atoms with Crippen LogP contribution >= 0.6 is 24.0 Å². The topological polar surface area (TPSA) is 54.9 Å². The van der Waals surface area contributed by atoms with Crippen LogP contribution in [0, 0.1) is 0 Å². The Bertz CT molecular complexity index is 444. The van der Waals surface area contributed by atoms with E-state index in [1.165, 1.54) is 5.56 Å². The highest BCUT2D eigenvalue weighted by Crippen LogP contribution is 2.15. The Kier molecular flexibility index (Phi) is 16.0. The van der Waals surface area contributed by atoms with Gasteiger partial charge in [0.05, 0.1) is 6.10 Å². The minimum atomic E-state index is 0. The van der Waals surface area contributed by atoms with Crippen molar-refractivity contribution in [3.63, 3.8) is 0 Å². The summed E-state index contributed by atoms with van der Waals surface area (Å²) in [6, 6.07) is 10.3. The van der Waals surface area contributed by atoms with Crippen LogP contribution < -0.4 is 10.6 Å². The molecule has 0 spiro atoms. The van der Waals surface area contributed by atoms with Crippen molar-refractivity contribution in [3.05, 3.63) is 35.9 Å². The van der Waals surface area contributed by atoms with Gasteiger partial charge in [-0.05, 0) is 39.2 Å². The van der Waals surface area contributed by atoms with E-state index in [0.717, 1.165) is 58.3 Å². The summed E-state index contributed by atoms with van der Waals surface area (Å²) in [6.45, 7) is 10.9. The zero-order chi connectivity index (χ0) is 17.5. The second kappa shape index (κ2) is 16.6. The Morgan fingerprint density at radius 3 is 2.52 bits per heavy atom. The van der Waals surface area contributed by atoms with Gasteiger partial charge in [0.2, 0.25) is 0 Å². The van der Waals surface area contributed by atoms with Gasteiger partial charge in [0.25, 0.3) is 0 Å². The first-order chi connectivity index (χ1) is 11.8. The number of guanidine groups is 1. The summed E-state index contributed by atoms with van der Waals surface area (Å²) >= 11 is 0. The van der Waals surface area contributed by atoms with Crippen molar-refractivity contribution < 1.29 is 9.47 Å². The quantitative estimate of drug-likeness (QED) is 0.215. The number of ether oxygens (including phenoxy) is 2. The number of nitrogens with one attached hydrogen (secondary N) is 2. The van der Waals surface area contributed by atoms with E-state index < -0.39 is 0 Å². The molecule has 1 rings (SSSR count). The van der Waals surface area contributed by atoms with E-state index in [0.29, 0.717) is 0 Å². The minimum Gasteiger partial charge on any atom is -0.382 e. The fourth-order valence-electron chi connectivity index (χ4n) is 2.20. The highest BCUT2D eigenvalue weighted by Gasteiger charge is 2.04. The van der Waals surface area contributed by atoms with E-state index in [-0.39, 0.29) is 30.1 Å². The van der Waals surface area contributed by atoms with E-state index in [4.69, 9.17) is 9.47 Å². The average molecular weight is 463 g/mol. The normalized spacial score (nSPS) is 12.4. The molecule has 0 aliphatic carbocycles. The van der Waals surface area contributed by atoms with E-state index in [1.54, 1.807) is 0 Å². The van der Waals surface area contributed by atoms with Gasteiger partial charge in [0.15, 0.2) is 5.96 Å². The van der Waals surface area contributed by atoms with Crippen LogP contribution in [0.25, 0.3) is 0 Å². The summed E-state index contributed by atoms with van der Waals surface area (Å²) in [6.07, 6.45) is 2.02. The number of hydrogen-bond acceptors (Lipinski definition) is 3. The molecular formula is C19H34IN3O2. The molecule has 144 valence electrons. The summed E-state index contributed by atoms with van der Waals surface area (Å²) in [4.78, 5) is 4.54. The highest BCUT2D eigenvalue weighted by atomic mass is 127. The number of rotatable bonds is 12. The van der Waals surface area contributed by atoms with Gasteiger partial charge in [-0.15, -0.1) is 24.0 Å². The van der Waals surface area contributed by atoms with Gasteiger partial charge < -0.3 is 20.1 Å². The molecule has 0 saturated heterocycles. The van der Waals surface area contributed by atoms with Gasteiger partial charge in [-0.2, -0.15) is 0 Å². The molecule has 0 aromatic heterocycles. The molecule has 0 heterocycles. The maximum atomic E-state index is 5.88. The van der Waals surface area contributed by atoms with Gasteiger partial charge >= 0.3 is 0 Å². The van der Waals surface area contributed by atoms with E-state index in [9.17, 15) is 0 Å². The molecule has 1 atom stereocenters. The van der Waals surface area contributed by atoms with Gasteiger partial charge in [-0.25, -0.2) is 0 Å². The molecule has 1 aromatic rings. The van der Waals surface area contributed by atoms with Crippen LogP contribution in [-0.4, -0.2) is 45.4 Å². The van der Waals surface area contributed by atoms with Crippen LogP contribution in [0.4, 0.5) is 0 Å². The molecule has 2 N–H and O–H groups in total. The van der Waals surface area contributed by atoms with Crippen molar-refractivity contribution in [2.24, 2.45) is 4.99 Å². The Morgan fingerprint density at radius 2 is 1.84 bits per heavy atom. The van der Waals surface area contributed by atoms with Crippen LogP contribution in [0.1, 0.15) is 45.3 Å². The van der Waals surface area contributed by atoms with Crippen LogP contribution in [0.5, 0.6) is 0 Å². The van der Waals surface area contributed by atoms with Gasteiger partial charge in [-0.3, -0.25) is 4.99 Å². The fraction of sp³-hybridized carbons (Fsp3) is 0.632. The SMILES string of the molecule is CCNC(=NCCCOCC)NCCCOC(C)c1ccccc1.I. The molecule has 0 amide bonds. The van der Waals surface area contributed by atoms with Crippen molar-refractivity contribution in [1.82, 2.24) is 10.6 Å². The lowest BCUT2D eigenvalue weighted by Gasteiger charge is -2.14. The number of hydrogen-bond donors (Lipinski definition) is 2. The largest absolute Gasteiger partial charge is 0.382 e. The molecule has 1 unspecified atom stereocenters. The number of aliphatic imine (C=N–C) groups is 1. The van der Waals surface area contributed by atoms with E-state index in [1.807, 2.05) is 25.1 Å². The second-order valence-electron chi connectivity index (χ2n) is 5.52. The highest BCUT2D eigenvalue weighted by molar-refractivity contribution is 14.0. The van der Waals surface area contributed by atoms with Crippen LogP contribution in [-0.2, 0) is 9.47 Å². The average Bonchev–Trinajstić information content (AvgIpc) is 2.61. The molecule has 0 fully saturated rings. The molecule has 5 nitrogen and oxygen atoms in total. The van der Waals surface area contributed by atoms with E-state index in [2.05, 4.69) is 41.6 Å². The standard InChI is InChI=1S/C19H33N3O2.HI/c1-4-20-19(21-13-9-15-23-5-2)22-14-10-16-24-17(3)18-11-7-6-8-12-18;/h6-8,11-12,17H,4-5,9-10,13-16H2,1-3H3,(H2,20,21,22);1H. The first-order valence-corrected chi connectivity index (χ1v) is 9.04. The lowest BCUT2D eigenvalue weighted by atomic mass is 10.1. The predicted molar refractivity (Wildman–Crippen MR) is 116 cm³/mol. The molecule has 0 bridgehead atoms. The third kappa shape index (κ3) is 12.2. The Morgan fingerprint density at radius 1 is 1.08 bits per heavy atom. The lowest BCUT2D eigenvalue weighted by molar-refractivity contribution is 0.0646. The smallest absolute Gasteiger partial charge is 0.191 e. The third-order valence-corrected chi connectivity index (χ3v) is 3.52. The maximum Gasteiger partial charge on any atom is 0.191 e. The molecule has 6 heteroatoms. The lowest BCUT2D eigenvalue weighted by Crippen LogP contribution is -2.38. The fourth-order valence-corrected chi connectivity index (χ4v) is 2.20. The van der Waals surface area contributed by atoms with E-state index >= 15 is 0 Å². The summed E-state index contributed by atoms with van der Waals surface area (Å²) in [5, 5.41) is 6.60. The van der Waals surface area contributed by atoms with Crippen molar-refractivity contribution in [3.8, 4) is 0 Å². The van der Waals surface area contributed by atoms with Crippen molar-refractivity contribution in [2.45, 2.75) is 39.7 Å². The number of halogens is 1. The summed E-state index contributed by atoms with van der Waals surface area (Å²) in [7, 11) is 0. The second-order valence-corrected chi connectivity index (χ2v) is 5.52. The van der Waals surface area contributed by atoms with Crippen LogP contribution in [0.15, 0.2) is 35.3 Å². The van der Waals surface area contributed by atoms with Gasteiger partial charge in [0, 0.05) is 39.5 Å². The molecular weight excluding hydrogens is 429 g/mol. The molecule has 25 heavy (non-hydrogen) atoms. The zero-order valence-corrected chi connectivity index (χ0v) is 18.1. The van der Waals surface area contributed by atoms with Crippen molar-refractivity contribution in [1.29, 1.82) is 0 Å². The Balaban J connectivity index is 0.00000576. The molecule has 0 radical (unpaired) electrons. The molecule has 0 aliphatic heterocycles. The van der Waals surface area contributed by atoms with Gasteiger partial charge in [0.1, 0.15) is 0 Å². The summed E-state index contributed by atoms with van der Waals surface area (Å²) in [5.41, 5.74) is 1.22. The zero-order valence-electron chi connectivity index (χ0n) is 15.8. The molecule has 0 aliphatic rings. The molecule has 0 saturated carbocycles. The number of benzene rings is 1. The van der Waals surface area contributed by atoms with Crippen LogP contribution in [0.3, 0.4) is 0 Å². The third-order valence-electron chi connectivity index (χ3n) is 3.52. The number of nitrogens with zero attached hydrogens (tertiary/aromatic N) is 1. The van der Waals surface area contributed by atoms with Crippen molar-refractivity contribution >= 4 is 29.9 Å². The monoisotopic (exact) mass is 463 g/mol. The molecule has 1 aromatic carbocycles. The first kappa shape index (κ1) is 24.1. The van der Waals surface area contributed by atoms with Gasteiger partial charge in [-0.1, -0.05) is 30.3 Å². The summed E-state index contributed by atoms with van der Waals surface area (Å²) in [5.74, 6) is 0.866.